The maximum Gasteiger partial charge on any atom is 0.472 e. The lowest BCUT2D eigenvalue weighted by Gasteiger charge is -2.19. The molecular formula is C57H102NO8P. The molecule has 0 saturated carbocycles. The zero-order valence-corrected chi connectivity index (χ0v) is 44.0. The van der Waals surface area contributed by atoms with Crippen molar-refractivity contribution < 1.29 is 37.6 Å². The van der Waals surface area contributed by atoms with Gasteiger partial charge in [0.2, 0.25) is 0 Å². The number of unbranched alkanes of at least 4 members (excludes halogenated alkanes) is 26. The molecule has 0 aromatic heterocycles. The molecule has 388 valence electrons. The standard InChI is InChI=1S/C57H102NO8P/c1-3-5-7-9-11-13-15-17-19-21-22-23-24-25-26-27-28-29-30-31-32-34-36-38-40-42-44-46-48-50-57(60)66-55(54-65-67(61,62)64-52-51-58)53-63-56(59)49-47-45-43-41-39-37-35-33-20-18-16-14-12-10-8-6-4-2/h6,8,12,14-15,17-18,20-22,24-25,55H,3-5,7,9-11,13,16,19,23,26-54,58H2,1-2H3,(H,61,62)/b8-6-,14-12-,17-15-,20-18-,22-21-,25-24-. The summed E-state index contributed by atoms with van der Waals surface area (Å²) in [5.74, 6) is -0.838. The molecule has 2 atom stereocenters. The molecule has 0 spiro atoms. The third-order valence-corrected chi connectivity index (χ3v) is 12.6. The van der Waals surface area contributed by atoms with Gasteiger partial charge < -0.3 is 20.1 Å². The van der Waals surface area contributed by atoms with Crippen LogP contribution in [0.4, 0.5) is 0 Å². The molecule has 0 rings (SSSR count). The number of carbonyl (C=O) groups excluding carboxylic acids is 2. The second kappa shape index (κ2) is 52.8. The summed E-state index contributed by atoms with van der Waals surface area (Å²) in [4.78, 5) is 35.1. The third-order valence-electron chi connectivity index (χ3n) is 11.6. The van der Waals surface area contributed by atoms with Crippen LogP contribution in [0.1, 0.15) is 245 Å². The average Bonchev–Trinajstić information content (AvgIpc) is 3.32. The van der Waals surface area contributed by atoms with Crippen LogP contribution < -0.4 is 5.73 Å². The quantitative estimate of drug-likeness (QED) is 0.0264. The number of ether oxygens (including phenoxy) is 2. The van der Waals surface area contributed by atoms with Crippen LogP contribution in [0.25, 0.3) is 0 Å². The van der Waals surface area contributed by atoms with Crippen molar-refractivity contribution in [3.05, 3.63) is 72.9 Å². The van der Waals surface area contributed by atoms with Crippen LogP contribution in [0, 0.1) is 0 Å². The second-order valence-electron chi connectivity index (χ2n) is 18.1. The lowest BCUT2D eigenvalue weighted by atomic mass is 10.0. The van der Waals surface area contributed by atoms with Crippen molar-refractivity contribution >= 4 is 19.8 Å². The van der Waals surface area contributed by atoms with E-state index < -0.39 is 32.5 Å². The highest BCUT2D eigenvalue weighted by molar-refractivity contribution is 7.47. The molecule has 10 heteroatoms. The molecule has 9 nitrogen and oxygen atoms in total. The molecule has 0 radical (unpaired) electrons. The molecule has 0 amide bonds. The van der Waals surface area contributed by atoms with Crippen LogP contribution in [0.5, 0.6) is 0 Å². The SMILES string of the molecule is CC/C=C\C/C=C\C/C=C\CCCCCCCCCC(=O)OCC(COP(=O)(O)OCCN)OC(=O)CCCCCCCCCCCCCCCC/C=C\C/C=C\C/C=C\CCCCCCC. The Morgan fingerprint density at radius 3 is 1.22 bits per heavy atom. The Kier molecular flexibility index (Phi) is 50.8. The Labute approximate surface area is 411 Å². The van der Waals surface area contributed by atoms with Crippen molar-refractivity contribution in [1.29, 1.82) is 0 Å². The maximum absolute atomic E-state index is 12.7. The highest BCUT2D eigenvalue weighted by Crippen LogP contribution is 2.43. The first-order valence-electron chi connectivity index (χ1n) is 27.4. The summed E-state index contributed by atoms with van der Waals surface area (Å²) in [6.07, 6.45) is 66.6. The molecule has 0 aromatic carbocycles. The topological polar surface area (TPSA) is 134 Å². The van der Waals surface area contributed by atoms with Gasteiger partial charge in [-0.25, -0.2) is 4.57 Å². The Hall–Kier alpha value is -2.55. The van der Waals surface area contributed by atoms with Crippen LogP contribution in [0.3, 0.4) is 0 Å². The van der Waals surface area contributed by atoms with E-state index >= 15 is 0 Å². The molecule has 0 aliphatic heterocycles. The number of phosphoric acid groups is 1. The lowest BCUT2D eigenvalue weighted by Crippen LogP contribution is -2.29. The highest BCUT2D eigenvalue weighted by atomic mass is 31.2. The molecule has 67 heavy (non-hydrogen) atoms. The van der Waals surface area contributed by atoms with Gasteiger partial charge in [-0.05, 0) is 83.5 Å². The minimum Gasteiger partial charge on any atom is -0.462 e. The smallest absolute Gasteiger partial charge is 0.462 e. The van der Waals surface area contributed by atoms with Crippen molar-refractivity contribution in [2.24, 2.45) is 5.73 Å². The number of phosphoric ester groups is 1. The predicted molar refractivity (Wildman–Crippen MR) is 284 cm³/mol. The molecule has 0 heterocycles. The summed E-state index contributed by atoms with van der Waals surface area (Å²) in [5, 5.41) is 0. The molecule has 0 aliphatic rings. The molecular weight excluding hydrogens is 858 g/mol. The van der Waals surface area contributed by atoms with Crippen molar-refractivity contribution in [1.82, 2.24) is 0 Å². The van der Waals surface area contributed by atoms with E-state index in [9.17, 15) is 19.0 Å². The van der Waals surface area contributed by atoms with Gasteiger partial charge in [0, 0.05) is 19.4 Å². The van der Waals surface area contributed by atoms with Gasteiger partial charge >= 0.3 is 19.8 Å². The van der Waals surface area contributed by atoms with Crippen LogP contribution in [0.15, 0.2) is 72.9 Å². The monoisotopic (exact) mass is 960 g/mol. The highest BCUT2D eigenvalue weighted by Gasteiger charge is 2.26. The summed E-state index contributed by atoms with van der Waals surface area (Å²) in [5.41, 5.74) is 5.37. The van der Waals surface area contributed by atoms with Crippen molar-refractivity contribution in [3.63, 3.8) is 0 Å². The van der Waals surface area contributed by atoms with Gasteiger partial charge in [-0.15, -0.1) is 0 Å². The predicted octanol–water partition coefficient (Wildman–Crippen LogP) is 17.0. The normalized spacial score (nSPS) is 13.7. The van der Waals surface area contributed by atoms with Crippen LogP contribution in [0.2, 0.25) is 0 Å². The van der Waals surface area contributed by atoms with E-state index in [-0.39, 0.29) is 32.6 Å². The van der Waals surface area contributed by atoms with E-state index in [0.717, 1.165) is 83.5 Å². The number of hydrogen-bond acceptors (Lipinski definition) is 8. The van der Waals surface area contributed by atoms with Gasteiger partial charge in [-0.3, -0.25) is 18.6 Å². The fourth-order valence-electron chi connectivity index (χ4n) is 7.54. The Morgan fingerprint density at radius 2 is 0.821 bits per heavy atom. The van der Waals surface area contributed by atoms with Gasteiger partial charge in [0.25, 0.3) is 0 Å². The molecule has 0 saturated heterocycles. The summed E-state index contributed by atoms with van der Waals surface area (Å²) >= 11 is 0. The second-order valence-corrected chi connectivity index (χ2v) is 19.5. The van der Waals surface area contributed by atoms with Crippen molar-refractivity contribution in [2.75, 3.05) is 26.4 Å². The fourth-order valence-corrected chi connectivity index (χ4v) is 8.31. The minimum absolute atomic E-state index is 0.0494. The maximum atomic E-state index is 12.7. The number of carbonyl (C=O) groups is 2. The Balaban J connectivity index is 3.98. The van der Waals surface area contributed by atoms with Crippen LogP contribution >= 0.6 is 7.82 Å². The first kappa shape index (κ1) is 64.5. The van der Waals surface area contributed by atoms with E-state index in [4.69, 9.17) is 24.3 Å². The van der Waals surface area contributed by atoms with Gasteiger partial charge in [0.05, 0.1) is 13.2 Å². The van der Waals surface area contributed by atoms with Gasteiger partial charge in [0.1, 0.15) is 6.61 Å². The van der Waals surface area contributed by atoms with Gasteiger partial charge in [-0.1, -0.05) is 222 Å². The zero-order chi connectivity index (χ0) is 48.8. The molecule has 0 aromatic rings. The molecule has 3 N–H and O–H groups in total. The first-order chi connectivity index (χ1) is 32.8. The van der Waals surface area contributed by atoms with E-state index in [2.05, 4.69) is 86.8 Å². The number of rotatable bonds is 51. The molecule has 2 unspecified atom stereocenters. The number of nitrogens with two attached hydrogens (primary N) is 1. The molecule has 0 fully saturated rings. The lowest BCUT2D eigenvalue weighted by molar-refractivity contribution is -0.161. The summed E-state index contributed by atoms with van der Waals surface area (Å²) in [6.45, 7) is 3.62. The van der Waals surface area contributed by atoms with E-state index in [0.29, 0.717) is 6.42 Å². The number of esters is 2. The molecule has 0 aliphatic carbocycles. The van der Waals surface area contributed by atoms with E-state index in [1.54, 1.807) is 0 Å². The minimum atomic E-state index is -4.39. The number of allylic oxidation sites excluding steroid dienone is 12. The van der Waals surface area contributed by atoms with Crippen molar-refractivity contribution in [2.45, 2.75) is 251 Å². The largest absolute Gasteiger partial charge is 0.472 e. The zero-order valence-electron chi connectivity index (χ0n) is 43.1. The van der Waals surface area contributed by atoms with E-state index in [1.165, 1.54) is 128 Å². The summed E-state index contributed by atoms with van der Waals surface area (Å²) in [6, 6.07) is 0. The Morgan fingerprint density at radius 1 is 0.463 bits per heavy atom. The van der Waals surface area contributed by atoms with Gasteiger partial charge in [0.15, 0.2) is 6.10 Å². The van der Waals surface area contributed by atoms with E-state index in [1.807, 2.05) is 0 Å². The summed E-state index contributed by atoms with van der Waals surface area (Å²) < 4.78 is 33.0. The van der Waals surface area contributed by atoms with Crippen LogP contribution in [-0.2, 0) is 32.7 Å². The summed E-state index contributed by atoms with van der Waals surface area (Å²) in [7, 11) is -4.39. The third kappa shape index (κ3) is 52.7. The number of hydrogen-bond donors (Lipinski definition) is 2. The van der Waals surface area contributed by atoms with Crippen molar-refractivity contribution in [3.8, 4) is 0 Å². The first-order valence-corrected chi connectivity index (χ1v) is 28.9. The van der Waals surface area contributed by atoms with Crippen LogP contribution in [-0.4, -0.2) is 49.3 Å². The Bertz CT molecular complexity index is 1320. The molecule has 0 bridgehead atoms. The fraction of sp³-hybridized carbons (Fsp3) is 0.754. The van der Waals surface area contributed by atoms with Gasteiger partial charge in [-0.2, -0.15) is 0 Å². The average molecular weight is 960 g/mol.